The molecule has 5 heteroatoms. The number of hydrogen-bond acceptors (Lipinski definition) is 1. The van der Waals surface area contributed by atoms with Crippen molar-refractivity contribution in [2.45, 2.75) is 4.11 Å². The molecule has 0 N–H and O–H groups in total. The molecule has 1 atom stereocenters. The Bertz CT molecular complexity index is 153. The minimum atomic E-state index is -2.46. The molecule has 0 saturated carbocycles. The highest BCUT2D eigenvalue weighted by Gasteiger charge is 2.08. The van der Waals surface area contributed by atoms with Crippen molar-refractivity contribution in [1.29, 1.82) is 0 Å². The normalized spacial score (nSPS) is 12.0. The van der Waals surface area contributed by atoms with Crippen LogP contribution in [0.15, 0.2) is 24.7 Å². The Morgan fingerprint density at radius 1 is 1.50 bits per heavy atom. The lowest BCUT2D eigenvalue weighted by Crippen LogP contribution is -1.97. The van der Waals surface area contributed by atoms with Crippen LogP contribution in [0, 0.1) is 0 Å². The smallest absolute Gasteiger partial charge is 0.342 e. The van der Waals surface area contributed by atoms with Crippen LogP contribution in [-0.2, 0) is 4.74 Å². The Balaban J connectivity index is 3.91. The van der Waals surface area contributed by atoms with Gasteiger partial charge in [-0.3, -0.25) is 0 Å². The van der Waals surface area contributed by atoms with Gasteiger partial charge >= 0.3 is 12.1 Å². The van der Waals surface area contributed by atoms with Gasteiger partial charge in [-0.1, -0.05) is 6.58 Å². The second-order valence-electron chi connectivity index (χ2n) is 1.24. The molecule has 0 aliphatic carbocycles. The van der Waals surface area contributed by atoms with Crippen LogP contribution >= 0.6 is 22.6 Å². The third-order valence-electron chi connectivity index (χ3n) is 0.550. The van der Waals surface area contributed by atoms with E-state index >= 15 is 0 Å². The fourth-order valence-electron chi connectivity index (χ4n) is 0.192. The highest BCUT2D eigenvalue weighted by atomic mass is 127. The van der Waals surface area contributed by atoms with Crippen LogP contribution in [0.5, 0.6) is 0 Å². The topological polar surface area (TPSA) is 9.23 Å². The van der Waals surface area contributed by atoms with Gasteiger partial charge in [-0.25, -0.2) is 0 Å². The molecule has 0 radical (unpaired) electrons. The van der Waals surface area contributed by atoms with Gasteiger partial charge in [-0.15, -0.1) is 0 Å². The first-order valence-corrected chi connectivity index (χ1v) is 3.46. The zero-order valence-corrected chi connectivity index (χ0v) is 6.94. The molecule has 1 nitrogen and oxygen atoms in total. The Morgan fingerprint density at radius 2 is 2.00 bits per heavy atom. The van der Waals surface area contributed by atoms with E-state index in [0.717, 1.165) is 0 Å². The lowest BCUT2D eigenvalue weighted by atomic mass is 10.7. The summed E-state index contributed by atoms with van der Waals surface area (Å²) >= 11 is 1.61. The molecule has 0 aliphatic rings. The van der Waals surface area contributed by atoms with Crippen LogP contribution in [0.2, 0.25) is 0 Å². The lowest BCUT2D eigenvalue weighted by Gasteiger charge is -2.03. The summed E-state index contributed by atoms with van der Waals surface area (Å²) in [6.45, 7) is 3.21. The number of halogens is 4. The van der Waals surface area contributed by atoms with Crippen molar-refractivity contribution in [1.82, 2.24) is 0 Å². The second kappa shape index (κ2) is 4.59. The molecule has 0 aromatic rings. The Kier molecular flexibility index (Phi) is 4.50. The molecule has 0 aromatic carbocycles. The maximum atomic E-state index is 11.8. The quantitative estimate of drug-likeness (QED) is 0.329. The molecule has 0 heterocycles. The van der Waals surface area contributed by atoms with Gasteiger partial charge in [-0.2, -0.15) is 13.2 Å². The van der Waals surface area contributed by atoms with Gasteiger partial charge in [0.2, 0.25) is 0 Å². The largest absolute Gasteiger partial charge is 0.449 e. The van der Waals surface area contributed by atoms with E-state index in [2.05, 4.69) is 11.3 Å². The van der Waals surface area contributed by atoms with Crippen molar-refractivity contribution in [3.8, 4) is 0 Å². The van der Waals surface area contributed by atoms with Gasteiger partial charge < -0.3 is 4.74 Å². The maximum Gasteiger partial charge on any atom is 0.342 e. The maximum absolute atomic E-state index is 11.8. The van der Waals surface area contributed by atoms with Crippen LogP contribution in [0.1, 0.15) is 0 Å². The standard InChI is InChI=1S/C5H4F3IO/c1-2-3(9)10-5(8)4(6)7/h2-3H,1H2. The van der Waals surface area contributed by atoms with Crippen molar-refractivity contribution < 1.29 is 17.9 Å². The summed E-state index contributed by atoms with van der Waals surface area (Å²) in [7, 11) is 0. The average molecular weight is 264 g/mol. The zero-order valence-electron chi connectivity index (χ0n) is 4.78. The van der Waals surface area contributed by atoms with Crippen molar-refractivity contribution >= 4 is 22.6 Å². The molecule has 0 saturated heterocycles. The number of hydrogen-bond donors (Lipinski definition) is 0. The molecule has 10 heavy (non-hydrogen) atoms. The molecule has 0 aliphatic heterocycles. The highest BCUT2D eigenvalue weighted by Crippen LogP contribution is 2.16. The highest BCUT2D eigenvalue weighted by molar-refractivity contribution is 14.1. The summed E-state index contributed by atoms with van der Waals surface area (Å²) < 4.78 is 37.6. The van der Waals surface area contributed by atoms with Crippen LogP contribution in [-0.4, -0.2) is 4.11 Å². The first kappa shape index (κ1) is 9.80. The van der Waals surface area contributed by atoms with E-state index in [0.29, 0.717) is 0 Å². The monoisotopic (exact) mass is 264 g/mol. The van der Waals surface area contributed by atoms with E-state index in [1.165, 1.54) is 6.08 Å². The van der Waals surface area contributed by atoms with Gasteiger partial charge in [0.15, 0.2) is 4.11 Å². The van der Waals surface area contributed by atoms with E-state index in [-0.39, 0.29) is 0 Å². The minimum Gasteiger partial charge on any atom is -0.449 e. The molecular formula is C5H4F3IO. The summed E-state index contributed by atoms with van der Waals surface area (Å²) in [5, 5.41) is 0. The van der Waals surface area contributed by atoms with E-state index in [1.807, 2.05) is 0 Å². The molecule has 0 spiro atoms. The van der Waals surface area contributed by atoms with Crippen LogP contribution in [0.4, 0.5) is 13.2 Å². The van der Waals surface area contributed by atoms with Gasteiger partial charge in [0.25, 0.3) is 0 Å². The van der Waals surface area contributed by atoms with Crippen molar-refractivity contribution in [2.75, 3.05) is 0 Å². The predicted octanol–water partition coefficient (Wildman–Crippen LogP) is 2.99. The van der Waals surface area contributed by atoms with Crippen LogP contribution < -0.4 is 0 Å². The average Bonchev–Trinajstić information content (AvgIpc) is 1.87. The summed E-state index contributed by atoms with van der Waals surface area (Å²) in [5.41, 5.74) is 0. The second-order valence-corrected chi connectivity index (χ2v) is 2.47. The third-order valence-corrected chi connectivity index (χ3v) is 1.31. The van der Waals surface area contributed by atoms with E-state index in [4.69, 9.17) is 0 Å². The predicted molar refractivity (Wildman–Crippen MR) is 39.4 cm³/mol. The lowest BCUT2D eigenvalue weighted by molar-refractivity contribution is 0.131. The zero-order chi connectivity index (χ0) is 8.15. The summed E-state index contributed by atoms with van der Waals surface area (Å²) in [6.07, 6.45) is -1.26. The number of ether oxygens (including phenoxy) is 1. The fourth-order valence-corrected chi connectivity index (χ4v) is 0.415. The number of rotatable bonds is 3. The summed E-state index contributed by atoms with van der Waals surface area (Å²) in [6, 6.07) is -1.85. The SMILES string of the molecule is C=CC(I)OC(F)=C(F)F. The van der Waals surface area contributed by atoms with Gasteiger partial charge in [-0.05, 0) is 28.7 Å². The van der Waals surface area contributed by atoms with E-state index in [9.17, 15) is 13.2 Å². The molecule has 0 bridgehead atoms. The van der Waals surface area contributed by atoms with Crippen LogP contribution in [0.25, 0.3) is 0 Å². The molecule has 58 valence electrons. The first-order chi connectivity index (χ1) is 4.57. The Morgan fingerprint density at radius 3 is 2.30 bits per heavy atom. The van der Waals surface area contributed by atoms with Crippen molar-refractivity contribution in [3.05, 3.63) is 24.7 Å². The van der Waals surface area contributed by atoms with E-state index in [1.54, 1.807) is 22.6 Å². The number of alkyl halides is 1. The third kappa shape index (κ3) is 3.76. The molecule has 0 amide bonds. The Hall–Kier alpha value is -0.200. The summed E-state index contributed by atoms with van der Waals surface area (Å²) in [4.78, 5) is 0. The molecular weight excluding hydrogens is 260 g/mol. The fraction of sp³-hybridized carbons (Fsp3) is 0.200. The van der Waals surface area contributed by atoms with Gasteiger partial charge in [0.05, 0.1) is 0 Å². The Labute approximate surface area is 69.7 Å². The van der Waals surface area contributed by atoms with Gasteiger partial charge in [0, 0.05) is 0 Å². The molecule has 0 fully saturated rings. The molecule has 0 rings (SSSR count). The van der Waals surface area contributed by atoms with Crippen molar-refractivity contribution in [2.24, 2.45) is 0 Å². The van der Waals surface area contributed by atoms with Gasteiger partial charge in [0.1, 0.15) is 0 Å². The molecule has 0 aromatic heterocycles. The van der Waals surface area contributed by atoms with Crippen molar-refractivity contribution in [3.63, 3.8) is 0 Å². The van der Waals surface area contributed by atoms with E-state index < -0.39 is 16.2 Å². The minimum absolute atomic E-state index is 0.765. The summed E-state index contributed by atoms with van der Waals surface area (Å²) in [5.74, 6) is 0. The first-order valence-electron chi connectivity index (χ1n) is 2.22. The molecule has 1 unspecified atom stereocenters. The van der Waals surface area contributed by atoms with Crippen LogP contribution in [0.3, 0.4) is 0 Å².